The zero-order chi connectivity index (χ0) is 14.5. The normalized spacial score (nSPS) is 10.3. The van der Waals surface area contributed by atoms with Gasteiger partial charge in [0.1, 0.15) is 12.4 Å². The lowest BCUT2D eigenvalue weighted by molar-refractivity contribution is 0.112. The molecule has 0 atom stereocenters. The Hall–Kier alpha value is -2.09. The van der Waals surface area contributed by atoms with Crippen molar-refractivity contribution in [2.24, 2.45) is 0 Å². The van der Waals surface area contributed by atoms with Crippen LogP contribution in [-0.4, -0.2) is 6.29 Å². The van der Waals surface area contributed by atoms with Crippen LogP contribution in [-0.2, 0) is 13.0 Å². The summed E-state index contributed by atoms with van der Waals surface area (Å²) in [4.78, 5) is 11.2. The van der Waals surface area contributed by atoms with Gasteiger partial charge in [0, 0.05) is 5.56 Å². The Balaban J connectivity index is 2.28. The summed E-state index contributed by atoms with van der Waals surface area (Å²) in [5.41, 5.74) is 5.05. The highest BCUT2D eigenvalue weighted by Gasteiger charge is 2.12. The molecule has 0 radical (unpaired) electrons. The fourth-order valence-electron chi connectivity index (χ4n) is 2.31. The number of rotatable bonds is 5. The van der Waals surface area contributed by atoms with E-state index in [-0.39, 0.29) is 0 Å². The molecule has 104 valence electrons. The van der Waals surface area contributed by atoms with Crippen LogP contribution in [0.4, 0.5) is 0 Å². The molecule has 0 bridgehead atoms. The first-order chi connectivity index (χ1) is 9.67. The highest BCUT2D eigenvalue weighted by atomic mass is 16.5. The minimum atomic E-state index is 0.546. The first-order valence-corrected chi connectivity index (χ1v) is 6.92. The van der Waals surface area contributed by atoms with Gasteiger partial charge >= 0.3 is 0 Å². The average Bonchev–Trinajstić information content (AvgIpc) is 2.49. The van der Waals surface area contributed by atoms with E-state index in [2.05, 4.69) is 6.92 Å². The van der Waals surface area contributed by atoms with Gasteiger partial charge in [-0.05, 0) is 48.6 Å². The summed E-state index contributed by atoms with van der Waals surface area (Å²) in [6, 6.07) is 12.1. The third-order valence-corrected chi connectivity index (χ3v) is 3.72. The third-order valence-electron chi connectivity index (χ3n) is 3.72. The van der Waals surface area contributed by atoms with Crippen LogP contribution in [0.15, 0.2) is 36.4 Å². The van der Waals surface area contributed by atoms with Gasteiger partial charge in [-0.25, -0.2) is 0 Å². The van der Waals surface area contributed by atoms with E-state index in [9.17, 15) is 4.79 Å². The Labute approximate surface area is 120 Å². The molecule has 2 aromatic carbocycles. The van der Waals surface area contributed by atoms with Crippen LogP contribution in [0.1, 0.15) is 39.5 Å². The summed E-state index contributed by atoms with van der Waals surface area (Å²) < 4.78 is 5.93. The molecule has 0 unspecified atom stereocenters. The largest absolute Gasteiger partial charge is 0.489 e. The Kier molecular flexibility index (Phi) is 4.57. The predicted molar refractivity (Wildman–Crippen MR) is 81.5 cm³/mol. The molecule has 0 spiro atoms. The quantitative estimate of drug-likeness (QED) is 0.757. The molecule has 20 heavy (non-hydrogen) atoms. The molecule has 0 amide bonds. The second-order valence-electron chi connectivity index (χ2n) is 4.94. The van der Waals surface area contributed by atoms with Crippen LogP contribution in [0.5, 0.6) is 5.75 Å². The van der Waals surface area contributed by atoms with Crippen LogP contribution in [0.2, 0.25) is 0 Å². The van der Waals surface area contributed by atoms with Crippen molar-refractivity contribution in [3.63, 3.8) is 0 Å². The summed E-state index contributed by atoms with van der Waals surface area (Å²) >= 11 is 0. The molecule has 0 aliphatic carbocycles. The number of carbonyl (C=O) groups excluding carboxylic acids is 1. The Morgan fingerprint density at radius 2 is 1.80 bits per heavy atom. The van der Waals surface area contributed by atoms with Crippen LogP contribution < -0.4 is 4.74 Å². The Morgan fingerprint density at radius 3 is 2.40 bits per heavy atom. The molecule has 2 nitrogen and oxygen atoms in total. The SMILES string of the molecule is CCc1cc(OCc2ccccc2)c(C)c(C)c1C=O. The van der Waals surface area contributed by atoms with Gasteiger partial charge in [-0.3, -0.25) is 4.79 Å². The maximum Gasteiger partial charge on any atom is 0.150 e. The molecule has 0 aliphatic heterocycles. The topological polar surface area (TPSA) is 26.3 Å². The van der Waals surface area contributed by atoms with Crippen molar-refractivity contribution in [1.29, 1.82) is 0 Å². The second kappa shape index (κ2) is 6.38. The van der Waals surface area contributed by atoms with Gasteiger partial charge in [-0.15, -0.1) is 0 Å². The van der Waals surface area contributed by atoms with E-state index in [1.165, 1.54) is 0 Å². The predicted octanol–water partition coefficient (Wildman–Crippen LogP) is 4.26. The molecular formula is C18H20O2. The van der Waals surface area contributed by atoms with Crippen molar-refractivity contribution < 1.29 is 9.53 Å². The molecule has 0 aliphatic rings. The summed E-state index contributed by atoms with van der Waals surface area (Å²) in [5.74, 6) is 0.869. The molecule has 0 fully saturated rings. The van der Waals surface area contributed by atoms with Gasteiger partial charge in [-0.1, -0.05) is 37.3 Å². The van der Waals surface area contributed by atoms with Crippen LogP contribution in [0, 0.1) is 13.8 Å². The summed E-state index contributed by atoms with van der Waals surface area (Å²) in [6.45, 7) is 6.58. The first-order valence-electron chi connectivity index (χ1n) is 6.92. The van der Waals surface area contributed by atoms with Crippen molar-refractivity contribution >= 4 is 6.29 Å². The second-order valence-corrected chi connectivity index (χ2v) is 4.94. The maximum atomic E-state index is 11.2. The Morgan fingerprint density at radius 1 is 1.10 bits per heavy atom. The lowest BCUT2D eigenvalue weighted by Gasteiger charge is -2.15. The van der Waals surface area contributed by atoms with Crippen molar-refractivity contribution in [3.05, 3.63) is 64.2 Å². The summed E-state index contributed by atoms with van der Waals surface area (Å²) in [7, 11) is 0. The molecular weight excluding hydrogens is 248 g/mol. The summed E-state index contributed by atoms with van der Waals surface area (Å²) in [6.07, 6.45) is 1.78. The molecule has 2 heteroatoms. The molecule has 0 saturated carbocycles. The number of ether oxygens (including phenoxy) is 1. The first kappa shape index (κ1) is 14.3. The number of benzene rings is 2. The average molecular weight is 268 g/mol. The molecule has 2 rings (SSSR count). The van der Waals surface area contributed by atoms with E-state index >= 15 is 0 Å². The molecule has 2 aromatic rings. The smallest absolute Gasteiger partial charge is 0.150 e. The third kappa shape index (κ3) is 2.90. The molecule has 0 saturated heterocycles. The lowest BCUT2D eigenvalue weighted by atomic mass is 9.96. The number of hydrogen-bond donors (Lipinski definition) is 0. The number of carbonyl (C=O) groups is 1. The fraction of sp³-hybridized carbons (Fsp3) is 0.278. The standard InChI is InChI=1S/C18H20O2/c1-4-16-10-18(14(3)13(2)17(16)11-19)20-12-15-8-6-5-7-9-15/h5-11H,4,12H2,1-3H3. The van der Waals surface area contributed by atoms with Gasteiger partial charge < -0.3 is 4.74 Å². The van der Waals surface area contributed by atoms with Crippen LogP contribution in [0.3, 0.4) is 0 Å². The number of hydrogen-bond acceptors (Lipinski definition) is 2. The van der Waals surface area contributed by atoms with E-state index in [4.69, 9.17) is 4.74 Å². The zero-order valence-electron chi connectivity index (χ0n) is 12.3. The molecule has 0 heterocycles. The van der Waals surface area contributed by atoms with E-state index in [0.717, 1.165) is 46.3 Å². The van der Waals surface area contributed by atoms with Crippen LogP contribution in [0.25, 0.3) is 0 Å². The van der Waals surface area contributed by atoms with Crippen LogP contribution >= 0.6 is 0 Å². The highest BCUT2D eigenvalue weighted by molar-refractivity contribution is 5.81. The Bertz CT molecular complexity index is 601. The summed E-state index contributed by atoms with van der Waals surface area (Å²) in [5, 5.41) is 0. The van der Waals surface area contributed by atoms with Crippen molar-refractivity contribution in [2.75, 3.05) is 0 Å². The van der Waals surface area contributed by atoms with Gasteiger partial charge in [0.2, 0.25) is 0 Å². The maximum absolute atomic E-state index is 11.2. The minimum absolute atomic E-state index is 0.546. The van der Waals surface area contributed by atoms with Crippen molar-refractivity contribution in [3.8, 4) is 5.75 Å². The number of aryl methyl sites for hydroxylation is 1. The van der Waals surface area contributed by atoms with Gasteiger partial charge in [0.25, 0.3) is 0 Å². The molecule has 0 N–H and O–H groups in total. The van der Waals surface area contributed by atoms with Crippen molar-refractivity contribution in [2.45, 2.75) is 33.8 Å². The minimum Gasteiger partial charge on any atom is -0.489 e. The monoisotopic (exact) mass is 268 g/mol. The number of aldehydes is 1. The van der Waals surface area contributed by atoms with E-state index < -0.39 is 0 Å². The van der Waals surface area contributed by atoms with Gasteiger partial charge in [-0.2, -0.15) is 0 Å². The highest BCUT2D eigenvalue weighted by Crippen LogP contribution is 2.28. The van der Waals surface area contributed by atoms with E-state index in [0.29, 0.717) is 6.61 Å². The zero-order valence-corrected chi connectivity index (χ0v) is 12.3. The van der Waals surface area contributed by atoms with E-state index in [1.807, 2.05) is 50.2 Å². The molecule has 0 aromatic heterocycles. The van der Waals surface area contributed by atoms with Gasteiger partial charge in [0.05, 0.1) is 0 Å². The van der Waals surface area contributed by atoms with Gasteiger partial charge in [0.15, 0.2) is 6.29 Å². The van der Waals surface area contributed by atoms with E-state index in [1.54, 1.807) is 0 Å². The fourth-order valence-corrected chi connectivity index (χ4v) is 2.31. The lowest BCUT2D eigenvalue weighted by Crippen LogP contribution is -2.03. The van der Waals surface area contributed by atoms with Crippen molar-refractivity contribution in [1.82, 2.24) is 0 Å².